The van der Waals surface area contributed by atoms with Crippen LogP contribution in [-0.2, 0) is 18.3 Å². The van der Waals surface area contributed by atoms with E-state index in [9.17, 15) is 14.0 Å². The Kier molecular flexibility index (Phi) is 5.28. The van der Waals surface area contributed by atoms with Crippen LogP contribution in [0.2, 0.25) is 5.02 Å². The Morgan fingerprint density at radius 1 is 1.21 bits per heavy atom. The van der Waals surface area contributed by atoms with Crippen LogP contribution in [0.25, 0.3) is 10.9 Å². The van der Waals surface area contributed by atoms with Crippen LogP contribution in [-0.4, -0.2) is 29.5 Å². The average Bonchev–Trinajstić information content (AvgIpc) is 3.23. The average molecular weight is 414 g/mol. The Balaban J connectivity index is 1.64. The summed E-state index contributed by atoms with van der Waals surface area (Å²) < 4.78 is 15.7. The summed E-state index contributed by atoms with van der Waals surface area (Å²) in [7, 11) is 1.76. The number of aromatic nitrogens is 1. The third-order valence-corrected chi connectivity index (χ3v) is 5.56. The molecule has 5 nitrogen and oxygen atoms in total. The molecule has 2 amide bonds. The van der Waals surface area contributed by atoms with Crippen LogP contribution >= 0.6 is 11.6 Å². The zero-order chi connectivity index (χ0) is 20.5. The Morgan fingerprint density at radius 3 is 2.66 bits per heavy atom. The monoisotopic (exact) mass is 413 g/mol. The topological polar surface area (TPSA) is 54.3 Å². The number of nitrogens with one attached hydrogen (secondary N) is 1. The number of nitrogens with zero attached hydrogens (tertiary/aromatic N) is 2. The summed E-state index contributed by atoms with van der Waals surface area (Å²) in [4.78, 5) is 27.1. The molecule has 3 aromatic rings. The smallest absolute Gasteiger partial charge is 0.270 e. The molecule has 0 saturated carbocycles. The summed E-state index contributed by atoms with van der Waals surface area (Å²) in [6.45, 7) is 0.962. The van der Waals surface area contributed by atoms with Crippen molar-refractivity contribution >= 4 is 40.0 Å². The van der Waals surface area contributed by atoms with Crippen LogP contribution in [0, 0.1) is 5.82 Å². The number of benzene rings is 2. The molecule has 1 N–H and O–H groups in total. The van der Waals surface area contributed by atoms with Crippen molar-refractivity contribution in [1.29, 1.82) is 0 Å². The number of carbonyl (C=O) groups is 2. The van der Waals surface area contributed by atoms with E-state index >= 15 is 0 Å². The van der Waals surface area contributed by atoms with Crippen molar-refractivity contribution in [3.63, 3.8) is 0 Å². The molecule has 0 spiro atoms. The van der Waals surface area contributed by atoms with Gasteiger partial charge in [0.2, 0.25) is 5.91 Å². The fourth-order valence-electron chi connectivity index (χ4n) is 3.87. The number of halogens is 2. The van der Waals surface area contributed by atoms with E-state index in [1.54, 1.807) is 22.6 Å². The van der Waals surface area contributed by atoms with Gasteiger partial charge >= 0.3 is 0 Å². The Bertz CT molecular complexity index is 1090. The van der Waals surface area contributed by atoms with Crippen molar-refractivity contribution in [2.75, 3.05) is 18.0 Å². The van der Waals surface area contributed by atoms with Crippen LogP contribution in [0.1, 0.15) is 28.9 Å². The lowest BCUT2D eigenvalue weighted by Crippen LogP contribution is -2.31. The van der Waals surface area contributed by atoms with Gasteiger partial charge in [0.25, 0.3) is 5.91 Å². The van der Waals surface area contributed by atoms with Crippen LogP contribution in [0.5, 0.6) is 0 Å². The van der Waals surface area contributed by atoms with Crippen LogP contribution < -0.4 is 10.2 Å². The predicted molar refractivity (Wildman–Crippen MR) is 112 cm³/mol. The quantitative estimate of drug-likeness (QED) is 0.685. The minimum absolute atomic E-state index is 0.0445. The number of rotatable bonds is 5. The van der Waals surface area contributed by atoms with E-state index in [0.29, 0.717) is 53.2 Å². The highest BCUT2D eigenvalue weighted by molar-refractivity contribution is 6.30. The number of carbonyl (C=O) groups excluding carboxylic acids is 2. The number of aryl methyl sites for hydroxylation is 1. The Labute approximate surface area is 173 Å². The maximum absolute atomic E-state index is 13.9. The lowest BCUT2D eigenvalue weighted by atomic mass is 10.1. The van der Waals surface area contributed by atoms with Gasteiger partial charge in [0.05, 0.1) is 11.2 Å². The molecule has 4 rings (SSSR count). The molecule has 2 aromatic carbocycles. The van der Waals surface area contributed by atoms with Gasteiger partial charge in [-0.3, -0.25) is 9.59 Å². The molecule has 7 heteroatoms. The molecule has 1 aliphatic rings. The van der Waals surface area contributed by atoms with Crippen molar-refractivity contribution in [3.8, 4) is 0 Å². The minimum atomic E-state index is -0.398. The number of amides is 2. The largest absolute Gasteiger partial charge is 0.350 e. The molecule has 2 heterocycles. The SMILES string of the molecule is Cn1c(C(=O)NCCc2ccc(Cl)cc2)c(N2CCCC2=O)c2cc(F)ccc21. The third-order valence-electron chi connectivity index (χ3n) is 5.31. The molecule has 0 aliphatic carbocycles. The molecule has 0 bridgehead atoms. The highest BCUT2D eigenvalue weighted by Crippen LogP contribution is 2.36. The highest BCUT2D eigenvalue weighted by atomic mass is 35.5. The van der Waals surface area contributed by atoms with Gasteiger partial charge in [-0.05, 0) is 48.7 Å². The van der Waals surface area contributed by atoms with Crippen molar-refractivity contribution < 1.29 is 14.0 Å². The zero-order valence-electron chi connectivity index (χ0n) is 16.0. The van der Waals surface area contributed by atoms with Gasteiger partial charge in [-0.1, -0.05) is 23.7 Å². The van der Waals surface area contributed by atoms with Gasteiger partial charge in [-0.25, -0.2) is 4.39 Å². The van der Waals surface area contributed by atoms with Crippen LogP contribution in [0.15, 0.2) is 42.5 Å². The first-order valence-electron chi connectivity index (χ1n) is 9.56. The molecule has 1 aromatic heterocycles. The molecule has 0 unspecified atom stereocenters. The number of anilines is 1. The molecule has 1 aliphatic heterocycles. The van der Waals surface area contributed by atoms with E-state index in [-0.39, 0.29) is 11.8 Å². The summed E-state index contributed by atoms with van der Waals surface area (Å²) in [5.74, 6) is -0.726. The van der Waals surface area contributed by atoms with Crippen molar-refractivity contribution in [1.82, 2.24) is 9.88 Å². The molecule has 1 fully saturated rings. The number of hydrogen-bond acceptors (Lipinski definition) is 2. The number of fused-ring (bicyclic) bond motifs is 1. The number of hydrogen-bond donors (Lipinski definition) is 1. The molecule has 1 saturated heterocycles. The normalized spacial score (nSPS) is 14.0. The van der Waals surface area contributed by atoms with E-state index in [0.717, 1.165) is 12.0 Å². The maximum Gasteiger partial charge on any atom is 0.270 e. The summed E-state index contributed by atoms with van der Waals surface area (Å²) in [6.07, 6.45) is 1.81. The van der Waals surface area contributed by atoms with Crippen molar-refractivity contribution in [2.45, 2.75) is 19.3 Å². The first-order valence-corrected chi connectivity index (χ1v) is 9.94. The maximum atomic E-state index is 13.9. The molecular formula is C22H21ClFN3O2. The standard InChI is InChI=1S/C22H21ClFN3O2/c1-26-18-9-8-16(24)13-17(18)20(27-12-2-3-19(27)28)21(26)22(29)25-11-10-14-4-6-15(23)7-5-14/h4-9,13H,2-3,10-12H2,1H3,(H,25,29). The van der Waals surface area contributed by atoms with Crippen molar-refractivity contribution in [3.05, 3.63) is 64.6 Å². The van der Waals surface area contributed by atoms with E-state index in [4.69, 9.17) is 11.6 Å². The molecular weight excluding hydrogens is 393 g/mol. The molecule has 29 heavy (non-hydrogen) atoms. The fourth-order valence-corrected chi connectivity index (χ4v) is 4.00. The Hall–Kier alpha value is -2.86. The summed E-state index contributed by atoms with van der Waals surface area (Å²) in [5, 5.41) is 4.17. The lowest BCUT2D eigenvalue weighted by Gasteiger charge is -2.18. The van der Waals surface area contributed by atoms with E-state index in [1.165, 1.54) is 12.1 Å². The van der Waals surface area contributed by atoms with Gasteiger partial charge in [-0.2, -0.15) is 0 Å². The van der Waals surface area contributed by atoms with Gasteiger partial charge in [0.1, 0.15) is 11.5 Å². The second-order valence-corrected chi connectivity index (χ2v) is 7.64. The van der Waals surface area contributed by atoms with Gasteiger partial charge in [0, 0.05) is 37.0 Å². The molecule has 0 radical (unpaired) electrons. The van der Waals surface area contributed by atoms with E-state index in [1.807, 2.05) is 24.3 Å². The molecule has 150 valence electrons. The van der Waals surface area contributed by atoms with Gasteiger partial charge in [-0.15, -0.1) is 0 Å². The minimum Gasteiger partial charge on any atom is -0.350 e. The van der Waals surface area contributed by atoms with E-state index in [2.05, 4.69) is 5.32 Å². The third kappa shape index (κ3) is 3.72. The van der Waals surface area contributed by atoms with Crippen LogP contribution in [0.3, 0.4) is 0 Å². The first-order chi connectivity index (χ1) is 14.0. The summed E-state index contributed by atoms with van der Waals surface area (Å²) in [6, 6.07) is 11.9. The highest BCUT2D eigenvalue weighted by Gasteiger charge is 2.31. The first kappa shape index (κ1) is 19.5. The van der Waals surface area contributed by atoms with Gasteiger partial charge < -0.3 is 14.8 Å². The zero-order valence-corrected chi connectivity index (χ0v) is 16.8. The second kappa shape index (κ2) is 7.87. The summed E-state index contributed by atoms with van der Waals surface area (Å²) >= 11 is 5.90. The van der Waals surface area contributed by atoms with Gasteiger partial charge in [0.15, 0.2) is 0 Å². The summed E-state index contributed by atoms with van der Waals surface area (Å²) in [5.41, 5.74) is 2.64. The second-order valence-electron chi connectivity index (χ2n) is 7.20. The van der Waals surface area contributed by atoms with Crippen LogP contribution in [0.4, 0.5) is 10.1 Å². The Morgan fingerprint density at radius 2 is 1.97 bits per heavy atom. The van der Waals surface area contributed by atoms with E-state index < -0.39 is 5.82 Å². The fraction of sp³-hybridized carbons (Fsp3) is 0.273. The lowest BCUT2D eigenvalue weighted by molar-refractivity contribution is -0.117. The van der Waals surface area contributed by atoms with Crippen molar-refractivity contribution in [2.24, 2.45) is 7.05 Å². The predicted octanol–water partition coefficient (Wildman–Crippen LogP) is 4.07. The molecule has 0 atom stereocenters.